The van der Waals surface area contributed by atoms with Gasteiger partial charge in [0, 0.05) is 16.8 Å². The first kappa shape index (κ1) is 22.2. The quantitative estimate of drug-likeness (QED) is 0.600. The number of anilines is 1. The maximum Gasteiger partial charge on any atom is 0.391 e. The van der Waals surface area contributed by atoms with Gasteiger partial charge < -0.3 is 10.6 Å². The van der Waals surface area contributed by atoms with Crippen LogP contribution in [0.5, 0.6) is 0 Å². The average molecular weight is 468 g/mol. The van der Waals surface area contributed by atoms with E-state index in [-0.39, 0.29) is 30.7 Å². The Hall–Kier alpha value is -3.62. The van der Waals surface area contributed by atoms with Crippen LogP contribution in [0.25, 0.3) is 11.1 Å². The first-order valence-corrected chi connectivity index (χ1v) is 11.1. The summed E-state index contributed by atoms with van der Waals surface area (Å²) in [5.74, 6) is -2.21. The summed E-state index contributed by atoms with van der Waals surface area (Å²) in [6, 6.07) is 13.8. The topological polar surface area (TPSA) is 81.2 Å². The highest BCUT2D eigenvalue weighted by molar-refractivity contribution is 6.11. The minimum absolute atomic E-state index is 0.101. The second-order valence-electron chi connectivity index (χ2n) is 9.02. The molecule has 1 atom stereocenters. The molecule has 176 valence electrons. The second kappa shape index (κ2) is 8.00. The van der Waals surface area contributed by atoms with Gasteiger partial charge in [0.1, 0.15) is 5.69 Å². The summed E-state index contributed by atoms with van der Waals surface area (Å²) >= 11 is 0. The van der Waals surface area contributed by atoms with Crippen molar-refractivity contribution >= 4 is 17.5 Å². The zero-order chi connectivity index (χ0) is 24.2. The molecule has 6 nitrogen and oxygen atoms in total. The van der Waals surface area contributed by atoms with Crippen LogP contribution in [0.3, 0.4) is 0 Å². The average Bonchev–Trinajstić information content (AvgIpc) is 3.16. The molecule has 1 fully saturated rings. The molecule has 1 saturated carbocycles. The van der Waals surface area contributed by atoms with E-state index in [0.717, 1.165) is 5.56 Å². The van der Waals surface area contributed by atoms with Gasteiger partial charge in [-0.25, -0.2) is 0 Å². The van der Waals surface area contributed by atoms with E-state index in [1.807, 2.05) is 19.1 Å². The third-order valence-corrected chi connectivity index (χ3v) is 6.87. The van der Waals surface area contributed by atoms with Crippen molar-refractivity contribution in [2.45, 2.75) is 44.4 Å². The van der Waals surface area contributed by atoms with Crippen molar-refractivity contribution in [3.05, 3.63) is 71.5 Å². The Morgan fingerprint density at radius 1 is 1.06 bits per heavy atom. The SMILES string of the molecule is CC1Cn2ncc(-c3ccccc3C(N)=O)c2C(=O)N1c1ccc(C2CC(C(F)(F)F)C2)cc1. The number of halogens is 3. The lowest BCUT2D eigenvalue weighted by Gasteiger charge is -2.37. The molecule has 0 bridgehead atoms. The maximum atomic E-state index is 13.6. The van der Waals surface area contributed by atoms with Gasteiger partial charge in [-0.15, -0.1) is 0 Å². The molecule has 1 aliphatic heterocycles. The molecule has 2 aliphatic rings. The van der Waals surface area contributed by atoms with Crippen LogP contribution in [0, 0.1) is 5.92 Å². The highest BCUT2D eigenvalue weighted by Gasteiger charge is 2.48. The van der Waals surface area contributed by atoms with E-state index in [1.165, 1.54) is 0 Å². The van der Waals surface area contributed by atoms with Crippen LogP contribution in [0.4, 0.5) is 18.9 Å². The molecule has 2 N–H and O–H groups in total. The van der Waals surface area contributed by atoms with Crippen LogP contribution in [0.15, 0.2) is 54.7 Å². The molecule has 0 saturated heterocycles. The molecular formula is C25H23F3N4O2. The Morgan fingerprint density at radius 2 is 1.74 bits per heavy atom. The Balaban J connectivity index is 1.43. The predicted octanol–water partition coefficient (Wildman–Crippen LogP) is 4.75. The molecule has 1 unspecified atom stereocenters. The minimum atomic E-state index is -4.14. The molecule has 0 radical (unpaired) electrons. The number of primary amides is 1. The van der Waals surface area contributed by atoms with Crippen molar-refractivity contribution in [2.75, 3.05) is 4.90 Å². The molecule has 2 amide bonds. The molecular weight excluding hydrogens is 445 g/mol. The highest BCUT2D eigenvalue weighted by Crippen LogP contribution is 2.49. The second-order valence-corrected chi connectivity index (χ2v) is 9.02. The van der Waals surface area contributed by atoms with Crippen LogP contribution < -0.4 is 10.6 Å². The Kier molecular flexibility index (Phi) is 5.22. The van der Waals surface area contributed by atoms with Gasteiger partial charge in [-0.1, -0.05) is 30.3 Å². The van der Waals surface area contributed by atoms with Crippen molar-refractivity contribution in [3.8, 4) is 11.1 Å². The van der Waals surface area contributed by atoms with Gasteiger partial charge in [0.15, 0.2) is 0 Å². The molecule has 2 aromatic carbocycles. The number of carbonyl (C=O) groups excluding carboxylic acids is 2. The molecule has 1 aromatic heterocycles. The van der Waals surface area contributed by atoms with Crippen LogP contribution >= 0.6 is 0 Å². The molecule has 0 spiro atoms. The van der Waals surface area contributed by atoms with Gasteiger partial charge in [0.05, 0.1) is 24.7 Å². The normalized spacial score (nSPS) is 22.3. The fraction of sp³-hybridized carbons (Fsp3) is 0.320. The lowest BCUT2D eigenvalue weighted by molar-refractivity contribution is -0.197. The van der Waals surface area contributed by atoms with Crippen molar-refractivity contribution in [1.82, 2.24) is 9.78 Å². The number of hydrogen-bond donors (Lipinski definition) is 1. The largest absolute Gasteiger partial charge is 0.391 e. The number of aromatic nitrogens is 2. The van der Waals surface area contributed by atoms with Crippen LogP contribution in [-0.4, -0.2) is 33.8 Å². The number of benzene rings is 2. The number of carbonyl (C=O) groups is 2. The number of alkyl halides is 3. The summed E-state index contributed by atoms with van der Waals surface area (Å²) in [5.41, 5.74) is 8.78. The van der Waals surface area contributed by atoms with E-state index in [9.17, 15) is 22.8 Å². The summed E-state index contributed by atoms with van der Waals surface area (Å²) in [5, 5.41) is 4.37. The van der Waals surface area contributed by atoms with E-state index in [4.69, 9.17) is 5.73 Å². The lowest BCUT2D eigenvalue weighted by Crippen LogP contribution is -2.47. The fourth-order valence-electron chi connectivity index (χ4n) is 4.96. The van der Waals surface area contributed by atoms with Gasteiger partial charge in [-0.3, -0.25) is 14.3 Å². The molecule has 3 aromatic rings. The predicted molar refractivity (Wildman–Crippen MR) is 120 cm³/mol. The third-order valence-electron chi connectivity index (χ3n) is 6.87. The van der Waals surface area contributed by atoms with Gasteiger partial charge in [-0.05, 0) is 55.0 Å². The summed E-state index contributed by atoms with van der Waals surface area (Å²) < 4.78 is 40.1. The van der Waals surface area contributed by atoms with Crippen molar-refractivity contribution in [2.24, 2.45) is 11.7 Å². The first-order chi connectivity index (χ1) is 16.1. The summed E-state index contributed by atoms with van der Waals surface area (Å²) in [7, 11) is 0. The standard InChI is InChI=1S/C25H23F3N4O2/c1-14-13-31-22(21(12-30-31)19-4-2-3-5-20(19)23(29)33)24(34)32(14)18-8-6-15(7-9-18)16-10-17(11-16)25(26,27)28/h2-9,12,14,16-17H,10-11,13H2,1H3,(H2,29,33). The molecule has 2 heterocycles. The van der Waals surface area contributed by atoms with Gasteiger partial charge in [0.25, 0.3) is 5.91 Å². The van der Waals surface area contributed by atoms with E-state index in [0.29, 0.717) is 34.6 Å². The number of nitrogens with zero attached hydrogens (tertiary/aromatic N) is 3. The number of rotatable bonds is 4. The van der Waals surface area contributed by atoms with E-state index < -0.39 is 18.0 Å². The van der Waals surface area contributed by atoms with Crippen LogP contribution in [-0.2, 0) is 6.54 Å². The number of amides is 2. The lowest BCUT2D eigenvalue weighted by atomic mass is 9.71. The van der Waals surface area contributed by atoms with Gasteiger partial charge in [-0.2, -0.15) is 18.3 Å². The van der Waals surface area contributed by atoms with Crippen LogP contribution in [0.1, 0.15) is 52.1 Å². The van der Waals surface area contributed by atoms with E-state index in [2.05, 4.69) is 5.10 Å². The molecule has 9 heteroatoms. The highest BCUT2D eigenvalue weighted by atomic mass is 19.4. The fourth-order valence-corrected chi connectivity index (χ4v) is 4.96. The summed E-state index contributed by atoms with van der Waals surface area (Å²) in [6.45, 7) is 2.37. The molecule has 5 rings (SSSR count). The van der Waals surface area contributed by atoms with E-state index >= 15 is 0 Å². The third kappa shape index (κ3) is 3.65. The zero-order valence-electron chi connectivity index (χ0n) is 18.4. The van der Waals surface area contributed by atoms with E-state index in [1.54, 1.807) is 52.2 Å². The summed E-state index contributed by atoms with van der Waals surface area (Å²) in [6.07, 6.45) is -2.37. The van der Waals surface area contributed by atoms with Gasteiger partial charge >= 0.3 is 6.18 Å². The first-order valence-electron chi connectivity index (χ1n) is 11.1. The van der Waals surface area contributed by atoms with Crippen molar-refractivity contribution in [3.63, 3.8) is 0 Å². The molecule has 34 heavy (non-hydrogen) atoms. The Morgan fingerprint density at radius 3 is 2.38 bits per heavy atom. The Labute approximate surface area is 194 Å². The van der Waals surface area contributed by atoms with Crippen LogP contribution in [0.2, 0.25) is 0 Å². The maximum absolute atomic E-state index is 13.6. The Bertz CT molecular complexity index is 1260. The monoisotopic (exact) mass is 468 g/mol. The minimum Gasteiger partial charge on any atom is -0.366 e. The summed E-state index contributed by atoms with van der Waals surface area (Å²) in [4.78, 5) is 27.2. The number of nitrogens with two attached hydrogens (primary N) is 1. The van der Waals surface area contributed by atoms with Gasteiger partial charge in [0.2, 0.25) is 5.91 Å². The zero-order valence-corrected chi connectivity index (χ0v) is 18.4. The van der Waals surface area contributed by atoms with Crippen molar-refractivity contribution < 1.29 is 22.8 Å². The smallest absolute Gasteiger partial charge is 0.366 e. The molecule has 1 aliphatic carbocycles. The number of hydrogen-bond acceptors (Lipinski definition) is 3. The van der Waals surface area contributed by atoms with Crippen molar-refractivity contribution in [1.29, 1.82) is 0 Å². The number of fused-ring (bicyclic) bond motifs is 1.